The average Bonchev–Trinajstić information content (AvgIpc) is 3.34. The molecule has 1 fully saturated rings. The summed E-state index contributed by atoms with van der Waals surface area (Å²) in [6.45, 7) is 6.94. The van der Waals surface area contributed by atoms with Crippen molar-refractivity contribution in [2.24, 2.45) is 12.0 Å². The number of aryl methyl sites for hydroxylation is 1. The molecule has 0 spiro atoms. The molecule has 1 unspecified atom stereocenters. The van der Waals surface area contributed by atoms with Gasteiger partial charge in [-0.25, -0.2) is 0 Å². The maximum absolute atomic E-state index is 4.88. The van der Waals surface area contributed by atoms with Gasteiger partial charge in [0.05, 0.1) is 6.20 Å². The fourth-order valence-corrected chi connectivity index (χ4v) is 3.61. The van der Waals surface area contributed by atoms with Gasteiger partial charge in [-0.1, -0.05) is 18.2 Å². The lowest BCUT2D eigenvalue weighted by Gasteiger charge is -2.22. The highest BCUT2D eigenvalue weighted by atomic mass is 15.3. The lowest BCUT2D eigenvalue weighted by molar-refractivity contribution is 0.485. The number of guanidine groups is 1. The van der Waals surface area contributed by atoms with Crippen LogP contribution in [0.15, 0.2) is 47.7 Å². The Bertz CT molecular complexity index is 723. The Balaban J connectivity index is 1.51. The number of benzene rings is 1. The molecule has 1 N–H and O–H groups in total. The number of aliphatic imine (C=N–C) groups is 1. The number of rotatable bonds is 7. The van der Waals surface area contributed by atoms with Crippen LogP contribution in [-0.4, -0.2) is 60.4 Å². The van der Waals surface area contributed by atoms with Crippen LogP contribution >= 0.6 is 0 Å². The van der Waals surface area contributed by atoms with Crippen molar-refractivity contribution in [2.45, 2.75) is 25.7 Å². The molecule has 6 heteroatoms. The van der Waals surface area contributed by atoms with Crippen LogP contribution in [0.2, 0.25) is 0 Å². The van der Waals surface area contributed by atoms with Gasteiger partial charge in [0.15, 0.2) is 5.96 Å². The highest BCUT2D eigenvalue weighted by Gasteiger charge is 2.26. The van der Waals surface area contributed by atoms with Crippen molar-refractivity contribution >= 4 is 11.6 Å². The lowest BCUT2D eigenvalue weighted by atomic mass is 10.0. The molecule has 1 aromatic heterocycles. The summed E-state index contributed by atoms with van der Waals surface area (Å²) in [6.07, 6.45) is 6.34. The maximum Gasteiger partial charge on any atom is 0.193 e. The van der Waals surface area contributed by atoms with Crippen LogP contribution in [0.5, 0.6) is 0 Å². The molecule has 27 heavy (non-hydrogen) atoms. The average molecular weight is 369 g/mol. The molecule has 3 rings (SSSR count). The van der Waals surface area contributed by atoms with E-state index >= 15 is 0 Å². The SMILES string of the molecule is CCNC(=NCCCN(C)c1ccccc1)N1CCC(c2cnn(C)c2)C1. The fourth-order valence-electron chi connectivity index (χ4n) is 3.61. The first kappa shape index (κ1) is 19.3. The Hall–Kier alpha value is -2.50. The molecule has 1 aliphatic rings. The third kappa shape index (κ3) is 5.25. The first-order valence-corrected chi connectivity index (χ1v) is 9.95. The van der Waals surface area contributed by atoms with Gasteiger partial charge in [-0.05, 0) is 37.5 Å². The van der Waals surface area contributed by atoms with Crippen molar-refractivity contribution in [3.63, 3.8) is 0 Å². The Morgan fingerprint density at radius 3 is 2.85 bits per heavy atom. The van der Waals surface area contributed by atoms with Gasteiger partial charge >= 0.3 is 0 Å². The van der Waals surface area contributed by atoms with Gasteiger partial charge in [0.2, 0.25) is 0 Å². The van der Waals surface area contributed by atoms with Gasteiger partial charge in [0, 0.05) is 64.6 Å². The lowest BCUT2D eigenvalue weighted by Crippen LogP contribution is -2.40. The van der Waals surface area contributed by atoms with E-state index < -0.39 is 0 Å². The van der Waals surface area contributed by atoms with E-state index in [4.69, 9.17) is 4.99 Å². The van der Waals surface area contributed by atoms with E-state index in [1.165, 1.54) is 11.3 Å². The molecule has 0 bridgehead atoms. The van der Waals surface area contributed by atoms with Crippen LogP contribution in [0.25, 0.3) is 0 Å². The molecule has 0 saturated carbocycles. The summed E-state index contributed by atoms with van der Waals surface area (Å²) < 4.78 is 1.89. The Kier molecular flexibility index (Phi) is 6.74. The summed E-state index contributed by atoms with van der Waals surface area (Å²) in [7, 11) is 4.12. The molecule has 0 aliphatic carbocycles. The van der Waals surface area contributed by atoms with E-state index in [0.29, 0.717) is 5.92 Å². The van der Waals surface area contributed by atoms with Crippen LogP contribution in [-0.2, 0) is 7.05 Å². The van der Waals surface area contributed by atoms with Crippen LogP contribution in [0.4, 0.5) is 5.69 Å². The Morgan fingerprint density at radius 2 is 2.15 bits per heavy atom. The summed E-state index contributed by atoms with van der Waals surface area (Å²) in [6, 6.07) is 10.5. The van der Waals surface area contributed by atoms with Crippen LogP contribution in [0.3, 0.4) is 0 Å². The summed E-state index contributed by atoms with van der Waals surface area (Å²) in [5, 5.41) is 7.78. The molecule has 0 radical (unpaired) electrons. The maximum atomic E-state index is 4.88. The minimum Gasteiger partial charge on any atom is -0.375 e. The minimum atomic E-state index is 0.548. The van der Waals surface area contributed by atoms with Crippen LogP contribution in [0, 0.1) is 0 Å². The van der Waals surface area contributed by atoms with Gasteiger partial charge < -0.3 is 15.1 Å². The second kappa shape index (κ2) is 9.44. The van der Waals surface area contributed by atoms with Crippen molar-refractivity contribution < 1.29 is 0 Å². The van der Waals surface area contributed by atoms with E-state index in [1.54, 1.807) is 0 Å². The Labute approximate surface area is 162 Å². The van der Waals surface area contributed by atoms with Crippen molar-refractivity contribution in [1.29, 1.82) is 0 Å². The first-order chi connectivity index (χ1) is 13.2. The second-order valence-corrected chi connectivity index (χ2v) is 7.23. The molecule has 2 aromatic rings. The van der Waals surface area contributed by atoms with Gasteiger partial charge in [0.25, 0.3) is 0 Å². The number of nitrogens with one attached hydrogen (secondary N) is 1. The van der Waals surface area contributed by atoms with E-state index in [2.05, 4.69) is 70.7 Å². The number of para-hydroxylation sites is 1. The van der Waals surface area contributed by atoms with E-state index in [-0.39, 0.29) is 0 Å². The molecule has 146 valence electrons. The molecule has 1 atom stereocenters. The van der Waals surface area contributed by atoms with Gasteiger partial charge in [-0.2, -0.15) is 5.10 Å². The Morgan fingerprint density at radius 1 is 1.33 bits per heavy atom. The molecular formula is C21H32N6. The van der Waals surface area contributed by atoms with E-state index in [0.717, 1.165) is 51.5 Å². The zero-order valence-electron chi connectivity index (χ0n) is 16.8. The number of likely N-dealkylation sites (tertiary alicyclic amines) is 1. The number of hydrogen-bond acceptors (Lipinski definition) is 3. The third-order valence-corrected chi connectivity index (χ3v) is 5.13. The molecule has 1 aliphatic heterocycles. The van der Waals surface area contributed by atoms with Gasteiger partial charge in [-0.15, -0.1) is 0 Å². The topological polar surface area (TPSA) is 48.7 Å². The van der Waals surface area contributed by atoms with Crippen molar-refractivity contribution in [1.82, 2.24) is 20.0 Å². The predicted octanol–water partition coefficient (Wildman–Crippen LogP) is 2.70. The minimum absolute atomic E-state index is 0.548. The van der Waals surface area contributed by atoms with Gasteiger partial charge in [-0.3, -0.25) is 9.67 Å². The zero-order chi connectivity index (χ0) is 19.1. The standard InChI is InChI=1S/C21H32N6/c1-4-22-21(23-12-8-13-25(2)20-9-6-5-7-10-20)27-14-11-18(17-27)19-15-24-26(3)16-19/h5-7,9-10,15-16,18H,4,8,11-14,17H2,1-3H3,(H,22,23). The fraction of sp³-hybridized carbons (Fsp3) is 0.524. The molecule has 2 heterocycles. The number of nitrogens with zero attached hydrogens (tertiary/aromatic N) is 5. The smallest absolute Gasteiger partial charge is 0.193 e. The summed E-state index contributed by atoms with van der Waals surface area (Å²) >= 11 is 0. The van der Waals surface area contributed by atoms with Crippen LogP contribution in [0.1, 0.15) is 31.2 Å². The molecule has 1 aromatic carbocycles. The third-order valence-electron chi connectivity index (χ3n) is 5.13. The van der Waals surface area contributed by atoms with Crippen molar-refractivity contribution in [3.8, 4) is 0 Å². The molecule has 6 nitrogen and oxygen atoms in total. The number of aromatic nitrogens is 2. The highest BCUT2D eigenvalue weighted by molar-refractivity contribution is 5.80. The molecule has 0 amide bonds. The predicted molar refractivity (Wildman–Crippen MR) is 112 cm³/mol. The van der Waals surface area contributed by atoms with Gasteiger partial charge in [0.1, 0.15) is 0 Å². The molecule has 1 saturated heterocycles. The summed E-state index contributed by atoms with van der Waals surface area (Å²) in [4.78, 5) is 9.56. The first-order valence-electron chi connectivity index (χ1n) is 9.95. The highest BCUT2D eigenvalue weighted by Crippen LogP contribution is 2.26. The number of hydrogen-bond donors (Lipinski definition) is 1. The van der Waals surface area contributed by atoms with Crippen molar-refractivity contribution in [2.75, 3.05) is 44.7 Å². The zero-order valence-corrected chi connectivity index (χ0v) is 16.8. The van der Waals surface area contributed by atoms with E-state index in [9.17, 15) is 0 Å². The normalized spacial score (nSPS) is 17.4. The van der Waals surface area contributed by atoms with Crippen LogP contribution < -0.4 is 10.2 Å². The largest absolute Gasteiger partial charge is 0.375 e. The monoisotopic (exact) mass is 368 g/mol. The second-order valence-electron chi connectivity index (χ2n) is 7.23. The summed E-state index contributed by atoms with van der Waals surface area (Å²) in [5.74, 6) is 1.60. The quantitative estimate of drug-likeness (QED) is 0.464. The molecular weight excluding hydrogens is 336 g/mol. The van der Waals surface area contributed by atoms with Crippen molar-refractivity contribution in [3.05, 3.63) is 48.3 Å². The van der Waals surface area contributed by atoms with E-state index in [1.807, 2.05) is 17.9 Å². The summed E-state index contributed by atoms with van der Waals surface area (Å²) in [5.41, 5.74) is 2.59. The number of anilines is 1.